The first kappa shape index (κ1) is 16.7. The van der Waals surface area contributed by atoms with Crippen LogP contribution >= 0.6 is 11.8 Å². The molecule has 0 radical (unpaired) electrons. The molecule has 1 N–H and O–H groups in total. The minimum atomic E-state index is 0.0184. The van der Waals surface area contributed by atoms with Gasteiger partial charge in [0.25, 0.3) is 0 Å². The van der Waals surface area contributed by atoms with Gasteiger partial charge < -0.3 is 14.8 Å². The van der Waals surface area contributed by atoms with Crippen molar-refractivity contribution < 1.29 is 14.3 Å². The molecule has 4 nitrogen and oxygen atoms in total. The first-order valence-corrected chi connectivity index (χ1v) is 9.10. The topological polar surface area (TPSA) is 47.6 Å². The Labute approximate surface area is 146 Å². The molecule has 0 unspecified atom stereocenters. The van der Waals surface area contributed by atoms with E-state index in [0.29, 0.717) is 5.75 Å². The molecule has 0 saturated heterocycles. The second-order valence-corrected chi connectivity index (χ2v) is 6.81. The predicted octanol–water partition coefficient (Wildman–Crippen LogP) is 3.83. The van der Waals surface area contributed by atoms with Crippen LogP contribution in [0.2, 0.25) is 0 Å². The second-order valence-electron chi connectivity index (χ2n) is 5.83. The Bertz CT molecular complexity index is 732. The molecule has 1 heterocycles. The third kappa shape index (κ3) is 4.03. The van der Waals surface area contributed by atoms with Crippen molar-refractivity contribution in [3.8, 4) is 11.5 Å². The molecule has 0 fully saturated rings. The quantitative estimate of drug-likeness (QED) is 0.866. The van der Waals surface area contributed by atoms with E-state index in [1.165, 1.54) is 5.56 Å². The fraction of sp³-hybridized carbons (Fsp3) is 0.316. The Hall–Kier alpha value is -2.14. The maximum absolute atomic E-state index is 12.1. The number of thioether (sulfide) groups is 1. The van der Waals surface area contributed by atoms with E-state index >= 15 is 0 Å². The molecule has 126 valence electrons. The molecule has 24 heavy (non-hydrogen) atoms. The van der Waals surface area contributed by atoms with Crippen molar-refractivity contribution in [2.45, 2.75) is 25.6 Å². The van der Waals surface area contributed by atoms with Crippen LogP contribution in [0.25, 0.3) is 0 Å². The summed E-state index contributed by atoms with van der Waals surface area (Å²) in [7, 11) is 0. The van der Waals surface area contributed by atoms with E-state index in [-0.39, 0.29) is 18.7 Å². The lowest BCUT2D eigenvalue weighted by Gasteiger charge is -2.16. The molecule has 0 aliphatic carbocycles. The van der Waals surface area contributed by atoms with Gasteiger partial charge >= 0.3 is 0 Å². The Morgan fingerprint density at radius 2 is 2.00 bits per heavy atom. The van der Waals surface area contributed by atoms with E-state index < -0.39 is 0 Å². The molecular formula is C19H21NO3S. The zero-order valence-corrected chi connectivity index (χ0v) is 14.7. The van der Waals surface area contributed by atoms with Gasteiger partial charge in [-0.2, -0.15) is 0 Å². The van der Waals surface area contributed by atoms with Crippen LogP contribution in [-0.4, -0.2) is 18.5 Å². The SMILES string of the molecule is Cc1ccccc1[C@@H](C)NC(=O)CSCc1ccc2c(c1)OCO2. The Morgan fingerprint density at radius 1 is 1.21 bits per heavy atom. The molecule has 5 heteroatoms. The van der Waals surface area contributed by atoms with Crippen LogP contribution in [0.15, 0.2) is 42.5 Å². The first-order chi connectivity index (χ1) is 11.6. The minimum absolute atomic E-state index is 0.0184. The van der Waals surface area contributed by atoms with Gasteiger partial charge in [-0.05, 0) is 42.7 Å². The van der Waals surface area contributed by atoms with Crippen molar-refractivity contribution in [2.75, 3.05) is 12.5 Å². The summed E-state index contributed by atoms with van der Waals surface area (Å²) < 4.78 is 10.7. The van der Waals surface area contributed by atoms with Gasteiger partial charge in [-0.25, -0.2) is 0 Å². The van der Waals surface area contributed by atoms with Crippen molar-refractivity contribution in [1.29, 1.82) is 0 Å². The summed E-state index contributed by atoms with van der Waals surface area (Å²) in [5.41, 5.74) is 3.48. The Kier molecular flexibility index (Phi) is 5.30. The van der Waals surface area contributed by atoms with Gasteiger partial charge in [-0.1, -0.05) is 30.3 Å². The van der Waals surface area contributed by atoms with Crippen LogP contribution in [0.5, 0.6) is 11.5 Å². The monoisotopic (exact) mass is 343 g/mol. The number of fused-ring (bicyclic) bond motifs is 1. The van der Waals surface area contributed by atoms with Gasteiger partial charge in [-0.3, -0.25) is 4.79 Å². The van der Waals surface area contributed by atoms with Crippen LogP contribution in [0.3, 0.4) is 0 Å². The third-order valence-corrected chi connectivity index (χ3v) is 4.98. The normalized spacial score (nSPS) is 13.6. The smallest absolute Gasteiger partial charge is 0.231 e. The molecule has 1 amide bonds. The van der Waals surface area contributed by atoms with Gasteiger partial charge in [0.15, 0.2) is 11.5 Å². The first-order valence-electron chi connectivity index (χ1n) is 7.94. The highest BCUT2D eigenvalue weighted by molar-refractivity contribution is 7.99. The highest BCUT2D eigenvalue weighted by atomic mass is 32.2. The number of carbonyl (C=O) groups excluding carboxylic acids is 1. The van der Waals surface area contributed by atoms with Gasteiger partial charge in [0, 0.05) is 5.75 Å². The summed E-state index contributed by atoms with van der Waals surface area (Å²) >= 11 is 1.59. The lowest BCUT2D eigenvalue weighted by molar-refractivity contribution is -0.119. The fourth-order valence-corrected chi connectivity index (χ4v) is 3.51. The van der Waals surface area contributed by atoms with Crippen molar-refractivity contribution in [1.82, 2.24) is 5.32 Å². The number of aryl methyl sites for hydroxylation is 1. The number of amides is 1. The molecule has 0 saturated carbocycles. The molecule has 2 aromatic rings. The molecular weight excluding hydrogens is 322 g/mol. The van der Waals surface area contributed by atoms with E-state index in [1.807, 2.05) is 37.3 Å². The number of benzene rings is 2. The molecule has 1 atom stereocenters. The summed E-state index contributed by atoms with van der Waals surface area (Å²) in [6, 6.07) is 14.0. The van der Waals surface area contributed by atoms with Crippen LogP contribution < -0.4 is 14.8 Å². The van der Waals surface area contributed by atoms with E-state index in [1.54, 1.807) is 11.8 Å². The lowest BCUT2D eigenvalue weighted by atomic mass is 10.0. The molecule has 0 aromatic heterocycles. The molecule has 3 rings (SSSR count). The predicted molar refractivity (Wildman–Crippen MR) is 96.5 cm³/mol. The van der Waals surface area contributed by atoms with E-state index in [0.717, 1.165) is 28.4 Å². The van der Waals surface area contributed by atoms with E-state index in [2.05, 4.69) is 24.4 Å². The van der Waals surface area contributed by atoms with Crippen molar-refractivity contribution in [3.05, 3.63) is 59.2 Å². The molecule has 0 bridgehead atoms. The summed E-state index contributed by atoms with van der Waals surface area (Å²) in [6.45, 7) is 4.36. The highest BCUT2D eigenvalue weighted by Crippen LogP contribution is 2.33. The lowest BCUT2D eigenvalue weighted by Crippen LogP contribution is -2.28. The van der Waals surface area contributed by atoms with Crippen molar-refractivity contribution in [3.63, 3.8) is 0 Å². The molecule has 2 aromatic carbocycles. The van der Waals surface area contributed by atoms with Gasteiger partial charge in [0.05, 0.1) is 11.8 Å². The number of rotatable bonds is 6. The summed E-state index contributed by atoms with van der Waals surface area (Å²) in [5.74, 6) is 2.82. The largest absolute Gasteiger partial charge is 0.454 e. The molecule has 1 aliphatic rings. The highest BCUT2D eigenvalue weighted by Gasteiger charge is 2.14. The van der Waals surface area contributed by atoms with Gasteiger partial charge in [0.1, 0.15) is 0 Å². The van der Waals surface area contributed by atoms with Crippen molar-refractivity contribution in [2.24, 2.45) is 0 Å². The van der Waals surface area contributed by atoms with E-state index in [9.17, 15) is 4.79 Å². The van der Waals surface area contributed by atoms with Crippen LogP contribution in [-0.2, 0) is 10.5 Å². The van der Waals surface area contributed by atoms with Crippen molar-refractivity contribution >= 4 is 17.7 Å². The van der Waals surface area contributed by atoms with Crippen LogP contribution in [0.1, 0.15) is 29.7 Å². The summed E-state index contributed by atoms with van der Waals surface area (Å²) in [5, 5.41) is 3.06. The zero-order valence-electron chi connectivity index (χ0n) is 13.9. The van der Waals surface area contributed by atoms with Crippen LogP contribution in [0.4, 0.5) is 0 Å². The average Bonchev–Trinajstić information content (AvgIpc) is 3.03. The number of hydrogen-bond donors (Lipinski definition) is 1. The fourth-order valence-electron chi connectivity index (χ4n) is 2.73. The second kappa shape index (κ2) is 7.62. The summed E-state index contributed by atoms with van der Waals surface area (Å²) in [4.78, 5) is 12.1. The standard InChI is InChI=1S/C19H21NO3S/c1-13-5-3-4-6-16(13)14(2)20-19(21)11-24-10-15-7-8-17-18(9-15)23-12-22-17/h3-9,14H,10-12H2,1-2H3,(H,20,21)/t14-/m1/s1. The average molecular weight is 343 g/mol. The summed E-state index contributed by atoms with van der Waals surface area (Å²) in [6.07, 6.45) is 0. The maximum Gasteiger partial charge on any atom is 0.231 e. The van der Waals surface area contributed by atoms with Gasteiger partial charge in [0.2, 0.25) is 12.7 Å². The number of ether oxygens (including phenoxy) is 2. The number of hydrogen-bond acceptors (Lipinski definition) is 4. The number of carbonyl (C=O) groups is 1. The Balaban J connectivity index is 1.47. The maximum atomic E-state index is 12.1. The number of nitrogens with one attached hydrogen (secondary N) is 1. The van der Waals surface area contributed by atoms with Crippen LogP contribution in [0, 0.1) is 6.92 Å². The Morgan fingerprint density at radius 3 is 2.83 bits per heavy atom. The molecule has 1 aliphatic heterocycles. The third-order valence-electron chi connectivity index (χ3n) is 3.97. The van der Waals surface area contributed by atoms with Gasteiger partial charge in [-0.15, -0.1) is 11.8 Å². The molecule has 0 spiro atoms. The minimum Gasteiger partial charge on any atom is -0.454 e. The zero-order chi connectivity index (χ0) is 16.9. The van der Waals surface area contributed by atoms with E-state index in [4.69, 9.17) is 9.47 Å².